The van der Waals surface area contributed by atoms with Crippen LogP contribution in [-0.4, -0.2) is 125 Å². The Bertz CT molecular complexity index is 1560. The summed E-state index contributed by atoms with van der Waals surface area (Å²) >= 11 is 0. The molecule has 0 saturated carbocycles. The van der Waals surface area contributed by atoms with E-state index < -0.39 is 18.6 Å². The van der Waals surface area contributed by atoms with E-state index in [9.17, 15) is 15.2 Å². The van der Waals surface area contributed by atoms with Gasteiger partial charge in [0.1, 0.15) is 29.4 Å². The van der Waals surface area contributed by atoms with E-state index >= 15 is 0 Å². The number of piperidine rings is 1. The number of likely N-dealkylation sites (tertiary alicyclic amines) is 1. The Morgan fingerprint density at radius 2 is 1.89 bits per heavy atom. The largest absolute Gasteiger partial charge is 0.489 e. The summed E-state index contributed by atoms with van der Waals surface area (Å²) < 4.78 is 17.1. The Morgan fingerprint density at radius 3 is 2.57 bits per heavy atom. The number of hydrogen-bond donors (Lipinski definition) is 3. The Balaban J connectivity index is 1.09. The first-order chi connectivity index (χ1) is 22.4. The second kappa shape index (κ2) is 14.3. The minimum atomic E-state index is -1.41. The van der Waals surface area contributed by atoms with Crippen molar-refractivity contribution in [1.29, 1.82) is 5.26 Å². The number of carbonyl (C=O) groups excluding carboxylic acids is 1. The van der Waals surface area contributed by atoms with Crippen LogP contribution in [0.2, 0.25) is 0 Å². The van der Waals surface area contributed by atoms with E-state index in [1.165, 1.54) is 4.90 Å². The number of piperazine rings is 1. The van der Waals surface area contributed by atoms with Crippen molar-refractivity contribution in [3.8, 4) is 29.0 Å². The lowest BCUT2D eigenvalue weighted by atomic mass is 10.1. The molecule has 0 aliphatic carbocycles. The minimum absolute atomic E-state index is 0.189. The lowest BCUT2D eigenvalue weighted by Gasteiger charge is -2.43. The molecule has 6 rings (SSSR count). The molecule has 5 heterocycles. The molecule has 1 atom stereocenters. The number of methoxy groups -OCH3 is 1. The van der Waals surface area contributed by atoms with Crippen LogP contribution in [0, 0.1) is 11.3 Å². The molecule has 14 heteroatoms. The van der Waals surface area contributed by atoms with Gasteiger partial charge in [0, 0.05) is 63.9 Å². The van der Waals surface area contributed by atoms with Gasteiger partial charge in [0.15, 0.2) is 6.10 Å². The summed E-state index contributed by atoms with van der Waals surface area (Å²) in [6, 6.07) is 13.7. The van der Waals surface area contributed by atoms with Crippen molar-refractivity contribution in [1.82, 2.24) is 24.8 Å². The summed E-state index contributed by atoms with van der Waals surface area (Å²) in [5.74, 6) is 1.38. The van der Waals surface area contributed by atoms with E-state index in [1.807, 2.05) is 18.2 Å². The first kappa shape index (κ1) is 31.4. The first-order valence-corrected chi connectivity index (χ1v) is 15.5. The number of aliphatic hydroxyl groups is 2. The molecule has 3 N–H and O–H groups in total. The molecule has 2 aromatic heterocycles. The molecule has 14 nitrogen and oxygen atoms in total. The van der Waals surface area contributed by atoms with Gasteiger partial charge in [-0.05, 0) is 36.4 Å². The zero-order valence-electron chi connectivity index (χ0n) is 25.7. The zero-order chi connectivity index (χ0) is 32.0. The summed E-state index contributed by atoms with van der Waals surface area (Å²) in [7, 11) is 1.61. The number of aliphatic hydroxyl groups excluding tert-OH is 2. The zero-order valence-corrected chi connectivity index (χ0v) is 25.7. The number of benzene rings is 1. The van der Waals surface area contributed by atoms with Crippen molar-refractivity contribution < 1.29 is 29.2 Å². The van der Waals surface area contributed by atoms with Gasteiger partial charge in [-0.2, -0.15) is 10.2 Å². The molecule has 3 fully saturated rings. The third kappa shape index (κ3) is 6.97. The number of ether oxygens (including phenoxy) is 3. The van der Waals surface area contributed by atoms with Gasteiger partial charge < -0.3 is 39.5 Å². The smallest absolute Gasteiger partial charge is 0.253 e. The SMILES string of the molecule is COc1nc(Nc2nccc(-c3ccc(OC4CCN(C(=O)[C@@H](O)CO)CC4)c(C#N)c3)n2)ccc1N1CCN(C2COC2)CC1. The van der Waals surface area contributed by atoms with E-state index in [0.29, 0.717) is 66.6 Å². The van der Waals surface area contributed by atoms with Crippen molar-refractivity contribution in [2.75, 3.05) is 76.4 Å². The summed E-state index contributed by atoms with van der Waals surface area (Å²) in [5.41, 5.74) is 2.65. The van der Waals surface area contributed by atoms with Gasteiger partial charge in [-0.15, -0.1) is 0 Å². The monoisotopic (exact) mass is 630 g/mol. The van der Waals surface area contributed by atoms with Crippen LogP contribution in [0.3, 0.4) is 0 Å². The summed E-state index contributed by atoms with van der Waals surface area (Å²) in [6.07, 6.45) is 1.14. The number of anilines is 3. The van der Waals surface area contributed by atoms with E-state index in [-0.39, 0.29) is 6.10 Å². The van der Waals surface area contributed by atoms with Crippen LogP contribution in [-0.2, 0) is 9.53 Å². The molecule has 46 heavy (non-hydrogen) atoms. The molecule has 3 aromatic rings. The van der Waals surface area contributed by atoms with Crippen LogP contribution in [0.4, 0.5) is 17.5 Å². The van der Waals surface area contributed by atoms with E-state index in [2.05, 4.69) is 36.1 Å². The molecular formula is C32H38N8O6. The third-order valence-electron chi connectivity index (χ3n) is 8.62. The first-order valence-electron chi connectivity index (χ1n) is 15.5. The van der Waals surface area contributed by atoms with Gasteiger partial charge in [-0.3, -0.25) is 9.69 Å². The second-order valence-electron chi connectivity index (χ2n) is 11.5. The summed E-state index contributed by atoms with van der Waals surface area (Å²) in [6.45, 7) is 5.54. The van der Waals surface area contributed by atoms with Crippen molar-refractivity contribution >= 4 is 23.4 Å². The van der Waals surface area contributed by atoms with Gasteiger partial charge in [0.2, 0.25) is 11.8 Å². The highest BCUT2D eigenvalue weighted by molar-refractivity contribution is 5.80. The number of aromatic nitrogens is 3. The summed E-state index contributed by atoms with van der Waals surface area (Å²) in [4.78, 5) is 32.1. The number of carbonyl (C=O) groups is 1. The maximum atomic E-state index is 12.1. The minimum Gasteiger partial charge on any atom is -0.489 e. The van der Waals surface area contributed by atoms with E-state index in [0.717, 1.165) is 50.6 Å². The Labute approximate surface area is 267 Å². The molecule has 3 aliphatic rings. The normalized spacial score (nSPS) is 18.4. The van der Waals surface area contributed by atoms with Crippen molar-refractivity contribution in [3.63, 3.8) is 0 Å². The van der Waals surface area contributed by atoms with Gasteiger partial charge >= 0.3 is 0 Å². The molecule has 3 saturated heterocycles. The van der Waals surface area contributed by atoms with Crippen LogP contribution in [0.25, 0.3) is 11.3 Å². The number of nitrogens with zero attached hydrogens (tertiary/aromatic N) is 7. The van der Waals surface area contributed by atoms with E-state index in [1.54, 1.807) is 31.5 Å². The molecule has 0 bridgehead atoms. The molecule has 3 aliphatic heterocycles. The predicted octanol–water partition coefficient (Wildman–Crippen LogP) is 1.41. The standard InChI is InChI=1S/C32H38N8O6/c1-44-30-26(39-14-12-38(13-15-39)23-19-45-20-23)3-5-29(36-30)37-32-34-9-6-25(35-32)21-2-4-28(22(16-21)17-33)46-24-7-10-40(11-8-24)31(43)27(42)18-41/h2-6,9,16,23-24,27,41-42H,7-8,10-15,18-20H2,1H3,(H,34,35,36,37)/t27-/m0/s1. The molecule has 1 aromatic carbocycles. The molecular weight excluding hydrogens is 592 g/mol. The number of amides is 1. The highest BCUT2D eigenvalue weighted by atomic mass is 16.5. The fourth-order valence-corrected chi connectivity index (χ4v) is 5.89. The maximum absolute atomic E-state index is 12.1. The molecule has 1 amide bonds. The van der Waals surface area contributed by atoms with Gasteiger partial charge in [-0.25, -0.2) is 9.97 Å². The average molecular weight is 631 g/mol. The highest BCUT2D eigenvalue weighted by Gasteiger charge is 2.30. The Morgan fingerprint density at radius 1 is 1.11 bits per heavy atom. The van der Waals surface area contributed by atoms with Gasteiger partial charge in [0.05, 0.1) is 44.2 Å². The number of nitrogens with one attached hydrogen (secondary N) is 1. The van der Waals surface area contributed by atoms with Crippen molar-refractivity contribution in [2.45, 2.75) is 31.1 Å². The molecule has 0 unspecified atom stereocenters. The molecule has 242 valence electrons. The van der Waals surface area contributed by atoms with Crippen LogP contribution in [0.15, 0.2) is 42.6 Å². The highest BCUT2D eigenvalue weighted by Crippen LogP contribution is 2.31. The Hall–Kier alpha value is -4.55. The number of pyridine rings is 1. The third-order valence-corrected chi connectivity index (χ3v) is 8.62. The quantitative estimate of drug-likeness (QED) is 0.294. The second-order valence-corrected chi connectivity index (χ2v) is 11.5. The number of nitriles is 1. The van der Waals surface area contributed by atoms with Crippen LogP contribution >= 0.6 is 0 Å². The lowest BCUT2D eigenvalue weighted by Crippen LogP contribution is -2.56. The van der Waals surface area contributed by atoms with Crippen LogP contribution in [0.1, 0.15) is 18.4 Å². The van der Waals surface area contributed by atoms with Crippen LogP contribution < -0.4 is 19.7 Å². The maximum Gasteiger partial charge on any atom is 0.253 e. The lowest BCUT2D eigenvalue weighted by molar-refractivity contribution is -0.143. The van der Waals surface area contributed by atoms with Crippen molar-refractivity contribution in [3.05, 3.63) is 48.2 Å². The number of hydrogen-bond acceptors (Lipinski definition) is 13. The molecule has 0 spiro atoms. The van der Waals surface area contributed by atoms with Crippen LogP contribution in [0.5, 0.6) is 11.6 Å². The van der Waals surface area contributed by atoms with Gasteiger partial charge in [0.25, 0.3) is 5.91 Å². The predicted molar refractivity (Wildman–Crippen MR) is 168 cm³/mol. The average Bonchev–Trinajstić information content (AvgIpc) is 3.08. The van der Waals surface area contributed by atoms with Crippen molar-refractivity contribution in [2.24, 2.45) is 0 Å². The number of rotatable bonds is 10. The fourth-order valence-electron chi connectivity index (χ4n) is 5.89. The molecule has 0 radical (unpaired) electrons. The fraction of sp³-hybridized carbons (Fsp3) is 0.469. The summed E-state index contributed by atoms with van der Waals surface area (Å²) in [5, 5.41) is 31.7. The van der Waals surface area contributed by atoms with E-state index in [4.69, 9.17) is 19.3 Å². The topological polar surface area (TPSA) is 169 Å². The Kier molecular flexibility index (Phi) is 9.74. The van der Waals surface area contributed by atoms with Gasteiger partial charge in [-0.1, -0.05) is 0 Å².